The average molecular weight is 535 g/mol. The summed E-state index contributed by atoms with van der Waals surface area (Å²) in [6, 6.07) is 18.3. The summed E-state index contributed by atoms with van der Waals surface area (Å²) in [7, 11) is -3.61. The summed E-state index contributed by atoms with van der Waals surface area (Å²) in [6.07, 6.45) is 1.55. The van der Waals surface area contributed by atoms with Crippen molar-refractivity contribution in [3.63, 3.8) is 0 Å². The number of hydrogen-bond acceptors (Lipinski definition) is 5. The molecule has 2 aliphatic rings. The van der Waals surface area contributed by atoms with Crippen molar-refractivity contribution in [3.05, 3.63) is 71.8 Å². The van der Waals surface area contributed by atoms with Gasteiger partial charge in [-0.2, -0.15) is 4.31 Å². The molecule has 8 heteroatoms. The number of sulfonamides is 1. The number of fused-ring (bicyclic) bond motifs is 1. The van der Waals surface area contributed by atoms with Crippen LogP contribution in [0.5, 0.6) is 11.5 Å². The second-order valence-corrected chi connectivity index (χ2v) is 12.5. The summed E-state index contributed by atoms with van der Waals surface area (Å²) in [6.45, 7) is 9.68. The number of nitrogens with one attached hydrogen (secondary N) is 1. The van der Waals surface area contributed by atoms with Crippen LogP contribution in [0, 0.1) is 6.92 Å². The average Bonchev–Trinajstić information content (AvgIpc) is 3.55. The molecule has 0 radical (unpaired) electrons. The first-order chi connectivity index (χ1) is 18.0. The Kier molecular flexibility index (Phi) is 6.73. The van der Waals surface area contributed by atoms with Crippen molar-refractivity contribution >= 4 is 21.6 Å². The first kappa shape index (κ1) is 26.3. The molecule has 1 fully saturated rings. The van der Waals surface area contributed by atoms with E-state index in [-0.39, 0.29) is 29.7 Å². The summed E-state index contributed by atoms with van der Waals surface area (Å²) in [5.41, 5.74) is 3.82. The van der Waals surface area contributed by atoms with Gasteiger partial charge >= 0.3 is 0 Å². The minimum Gasteiger partial charge on any atom is -0.454 e. The molecule has 7 nitrogen and oxygen atoms in total. The third-order valence-electron chi connectivity index (χ3n) is 7.38. The van der Waals surface area contributed by atoms with Crippen LogP contribution >= 0.6 is 0 Å². The standard InChI is InChI=1S/C30H34N2O5S/c1-19(2)32(20(3)4)38(34,35)25-11-8-22(9-12-25)23-7-6-21(5)26(16-23)31-29(33)30(14-15-30)24-10-13-27-28(17-24)37-18-36-27/h6-13,16-17,19-20H,14-15,18H2,1-5H3,(H,31,33). The van der Waals surface area contributed by atoms with Crippen LogP contribution in [0.1, 0.15) is 51.7 Å². The van der Waals surface area contributed by atoms with E-state index in [1.807, 2.05) is 83.1 Å². The maximum Gasteiger partial charge on any atom is 0.243 e. The van der Waals surface area contributed by atoms with Gasteiger partial charge in [-0.3, -0.25) is 4.79 Å². The second-order valence-electron chi connectivity index (χ2n) is 10.7. The van der Waals surface area contributed by atoms with Crippen LogP contribution in [0.4, 0.5) is 5.69 Å². The van der Waals surface area contributed by atoms with Crippen molar-refractivity contribution in [1.29, 1.82) is 0 Å². The molecule has 1 aliphatic heterocycles. The van der Waals surface area contributed by atoms with E-state index >= 15 is 0 Å². The van der Waals surface area contributed by atoms with Crippen LogP contribution in [-0.2, 0) is 20.2 Å². The van der Waals surface area contributed by atoms with E-state index < -0.39 is 15.4 Å². The third-order valence-corrected chi connectivity index (χ3v) is 9.64. The number of aryl methyl sites for hydroxylation is 1. The van der Waals surface area contributed by atoms with E-state index in [4.69, 9.17) is 9.47 Å². The molecule has 1 heterocycles. The highest BCUT2D eigenvalue weighted by atomic mass is 32.2. The van der Waals surface area contributed by atoms with Gasteiger partial charge in [0, 0.05) is 17.8 Å². The quantitative estimate of drug-likeness (QED) is 0.391. The van der Waals surface area contributed by atoms with Gasteiger partial charge in [0.2, 0.25) is 22.7 Å². The van der Waals surface area contributed by atoms with E-state index in [1.54, 1.807) is 12.1 Å². The summed E-state index contributed by atoms with van der Waals surface area (Å²) in [5, 5.41) is 3.15. The molecule has 5 rings (SSSR count). The number of ether oxygens (including phenoxy) is 2. The smallest absolute Gasteiger partial charge is 0.243 e. The molecule has 3 aromatic rings. The van der Waals surface area contributed by atoms with Gasteiger partial charge in [-0.05, 0) is 100 Å². The number of anilines is 1. The third kappa shape index (κ3) is 4.67. The molecule has 200 valence electrons. The summed E-state index contributed by atoms with van der Waals surface area (Å²) in [5.74, 6) is 1.34. The van der Waals surface area contributed by atoms with Crippen LogP contribution in [0.25, 0.3) is 11.1 Å². The van der Waals surface area contributed by atoms with Crippen LogP contribution in [-0.4, -0.2) is 37.5 Å². The van der Waals surface area contributed by atoms with Crippen molar-refractivity contribution in [2.75, 3.05) is 12.1 Å². The molecule has 0 saturated heterocycles. The van der Waals surface area contributed by atoms with Crippen LogP contribution in [0.3, 0.4) is 0 Å². The minimum absolute atomic E-state index is 0.0412. The Balaban J connectivity index is 1.37. The lowest BCUT2D eigenvalue weighted by atomic mass is 9.94. The monoisotopic (exact) mass is 534 g/mol. The van der Waals surface area contributed by atoms with Crippen molar-refractivity contribution < 1.29 is 22.7 Å². The van der Waals surface area contributed by atoms with Crippen molar-refractivity contribution in [2.24, 2.45) is 0 Å². The molecule has 1 saturated carbocycles. The minimum atomic E-state index is -3.61. The molecule has 0 spiro atoms. The lowest BCUT2D eigenvalue weighted by Gasteiger charge is -2.29. The highest BCUT2D eigenvalue weighted by Gasteiger charge is 2.51. The lowest BCUT2D eigenvalue weighted by molar-refractivity contribution is -0.118. The number of benzene rings is 3. The summed E-state index contributed by atoms with van der Waals surface area (Å²) < 4.78 is 38.9. The van der Waals surface area contributed by atoms with E-state index in [1.165, 1.54) is 4.31 Å². The van der Waals surface area contributed by atoms with Crippen molar-refractivity contribution in [2.45, 2.75) is 69.9 Å². The molecule has 0 atom stereocenters. The molecule has 0 unspecified atom stereocenters. The maximum atomic E-state index is 13.5. The molecule has 3 aromatic carbocycles. The largest absolute Gasteiger partial charge is 0.454 e. The summed E-state index contributed by atoms with van der Waals surface area (Å²) >= 11 is 0. The van der Waals surface area contributed by atoms with Gasteiger partial charge < -0.3 is 14.8 Å². The summed E-state index contributed by atoms with van der Waals surface area (Å²) in [4.78, 5) is 13.7. The van der Waals surface area contributed by atoms with Gasteiger partial charge in [0.05, 0.1) is 10.3 Å². The van der Waals surface area contributed by atoms with Gasteiger partial charge in [0.15, 0.2) is 11.5 Å². The first-order valence-corrected chi connectivity index (χ1v) is 14.4. The Morgan fingerprint density at radius 3 is 2.13 bits per heavy atom. The normalized spacial score (nSPS) is 15.8. The molecular weight excluding hydrogens is 500 g/mol. The van der Waals surface area contributed by atoms with Crippen LogP contribution < -0.4 is 14.8 Å². The number of nitrogens with zero attached hydrogens (tertiary/aromatic N) is 1. The topological polar surface area (TPSA) is 84.9 Å². The van der Waals surface area contributed by atoms with E-state index in [2.05, 4.69) is 5.32 Å². The van der Waals surface area contributed by atoms with Crippen molar-refractivity contribution in [1.82, 2.24) is 4.31 Å². The number of hydrogen-bond donors (Lipinski definition) is 1. The fourth-order valence-corrected chi connectivity index (χ4v) is 7.07. The Morgan fingerprint density at radius 1 is 0.868 bits per heavy atom. The van der Waals surface area contributed by atoms with Crippen LogP contribution in [0.15, 0.2) is 65.6 Å². The fourth-order valence-electron chi connectivity index (χ4n) is 5.24. The maximum absolute atomic E-state index is 13.5. The Hall–Kier alpha value is -3.36. The first-order valence-electron chi connectivity index (χ1n) is 13.0. The van der Waals surface area contributed by atoms with Gasteiger partial charge in [0.25, 0.3) is 0 Å². The van der Waals surface area contributed by atoms with Gasteiger partial charge in [-0.15, -0.1) is 0 Å². The van der Waals surface area contributed by atoms with Gasteiger partial charge in [-0.25, -0.2) is 8.42 Å². The highest BCUT2D eigenvalue weighted by molar-refractivity contribution is 7.89. The molecular formula is C30H34N2O5S. The molecule has 1 N–H and O–H groups in total. The van der Waals surface area contributed by atoms with E-state index in [9.17, 15) is 13.2 Å². The van der Waals surface area contributed by atoms with Crippen molar-refractivity contribution in [3.8, 4) is 22.6 Å². The second kappa shape index (κ2) is 9.75. The fraction of sp³-hybridized carbons (Fsp3) is 0.367. The number of carbonyl (C=O) groups excluding carboxylic acids is 1. The Morgan fingerprint density at radius 2 is 1.50 bits per heavy atom. The molecule has 0 bridgehead atoms. The predicted molar refractivity (Wildman–Crippen MR) is 148 cm³/mol. The van der Waals surface area contributed by atoms with E-state index in [0.29, 0.717) is 11.5 Å². The number of carbonyl (C=O) groups is 1. The zero-order chi connectivity index (χ0) is 27.2. The van der Waals surface area contributed by atoms with Crippen LogP contribution in [0.2, 0.25) is 0 Å². The Bertz CT molecular complexity index is 1470. The van der Waals surface area contributed by atoms with Gasteiger partial charge in [0.1, 0.15) is 0 Å². The molecule has 1 amide bonds. The zero-order valence-corrected chi connectivity index (χ0v) is 23.3. The zero-order valence-electron chi connectivity index (χ0n) is 22.4. The Labute approximate surface area is 224 Å². The molecule has 1 aliphatic carbocycles. The lowest BCUT2D eigenvalue weighted by Crippen LogP contribution is -2.41. The molecule has 38 heavy (non-hydrogen) atoms. The molecule has 0 aromatic heterocycles. The highest BCUT2D eigenvalue weighted by Crippen LogP contribution is 2.51. The number of rotatable bonds is 8. The van der Waals surface area contributed by atoms with Gasteiger partial charge in [-0.1, -0.05) is 30.3 Å². The number of amides is 1. The van der Waals surface area contributed by atoms with E-state index in [0.717, 1.165) is 40.8 Å². The SMILES string of the molecule is Cc1ccc(-c2ccc(S(=O)(=O)N(C(C)C)C(C)C)cc2)cc1NC(=O)C1(c2ccc3c(c2)OCO3)CC1. The predicted octanol–water partition coefficient (Wildman–Crippen LogP) is 5.87.